The number of rotatable bonds is 6. The molecule has 0 saturated heterocycles. The first-order valence-corrected chi connectivity index (χ1v) is 9.88. The number of aliphatic carboxylic acids is 1. The number of fused-ring (bicyclic) bond motifs is 3. The summed E-state index contributed by atoms with van der Waals surface area (Å²) < 4.78 is 5.38. The van der Waals surface area contributed by atoms with Gasteiger partial charge in [-0.2, -0.15) is 0 Å². The Morgan fingerprint density at radius 1 is 1.00 bits per heavy atom. The van der Waals surface area contributed by atoms with Gasteiger partial charge in [-0.1, -0.05) is 54.5 Å². The molecule has 0 bridgehead atoms. The van der Waals surface area contributed by atoms with Crippen molar-refractivity contribution in [3.63, 3.8) is 0 Å². The largest absolute Gasteiger partial charge is 0.481 e. The summed E-state index contributed by atoms with van der Waals surface area (Å²) in [6.45, 7) is 3.09. The molecule has 31 heavy (non-hydrogen) atoms. The number of amides is 2. The number of carbonyl (C=O) groups is 3. The second kappa shape index (κ2) is 9.35. The van der Waals surface area contributed by atoms with Crippen LogP contribution in [-0.4, -0.2) is 42.8 Å². The normalized spacial score (nSPS) is 12.1. The van der Waals surface area contributed by atoms with Gasteiger partial charge >= 0.3 is 12.1 Å². The first kappa shape index (κ1) is 21.9. The molecule has 0 heterocycles. The lowest BCUT2D eigenvalue weighted by Crippen LogP contribution is -2.38. The predicted octanol–water partition coefficient (Wildman–Crippen LogP) is 2.76. The van der Waals surface area contributed by atoms with Gasteiger partial charge in [-0.3, -0.25) is 9.59 Å². The third-order valence-corrected chi connectivity index (χ3v) is 5.14. The number of hydrogen-bond acceptors (Lipinski definition) is 4. The number of nitrogens with one attached hydrogen (secondary N) is 2. The second-order valence-corrected chi connectivity index (χ2v) is 7.85. The van der Waals surface area contributed by atoms with Gasteiger partial charge in [-0.05, 0) is 42.0 Å². The van der Waals surface area contributed by atoms with Crippen LogP contribution in [-0.2, 0) is 14.3 Å². The van der Waals surface area contributed by atoms with Crippen molar-refractivity contribution < 1.29 is 24.2 Å². The SMILES string of the molecule is CC(C)(CNC(=O)C#CCNC(=O)OCC1c2ccccc2-c2ccccc21)C(=O)O. The lowest BCUT2D eigenvalue weighted by Gasteiger charge is -2.18. The molecular weight excluding hydrogens is 396 g/mol. The van der Waals surface area contributed by atoms with Crippen LogP contribution in [0.4, 0.5) is 4.79 Å². The highest BCUT2D eigenvalue weighted by molar-refractivity contribution is 5.94. The van der Waals surface area contributed by atoms with E-state index in [4.69, 9.17) is 9.84 Å². The van der Waals surface area contributed by atoms with E-state index in [1.807, 2.05) is 36.4 Å². The maximum absolute atomic E-state index is 12.0. The van der Waals surface area contributed by atoms with Gasteiger partial charge in [0.2, 0.25) is 0 Å². The summed E-state index contributed by atoms with van der Waals surface area (Å²) in [6, 6.07) is 16.1. The molecule has 3 rings (SSSR count). The first-order valence-electron chi connectivity index (χ1n) is 9.88. The van der Waals surface area contributed by atoms with Crippen LogP contribution < -0.4 is 10.6 Å². The lowest BCUT2D eigenvalue weighted by molar-refractivity contribution is -0.146. The molecule has 0 unspecified atom stereocenters. The summed E-state index contributed by atoms with van der Waals surface area (Å²) in [5.74, 6) is 3.17. The van der Waals surface area contributed by atoms with E-state index in [1.54, 1.807) is 0 Å². The van der Waals surface area contributed by atoms with Crippen LogP contribution >= 0.6 is 0 Å². The van der Waals surface area contributed by atoms with Crippen molar-refractivity contribution in [3.8, 4) is 23.0 Å². The summed E-state index contributed by atoms with van der Waals surface area (Å²) >= 11 is 0. The molecule has 0 saturated carbocycles. The summed E-state index contributed by atoms with van der Waals surface area (Å²) in [6.07, 6.45) is -0.622. The molecule has 0 aromatic heterocycles. The smallest absolute Gasteiger partial charge is 0.407 e. The molecule has 0 spiro atoms. The fourth-order valence-corrected chi connectivity index (χ4v) is 3.31. The number of hydrogen-bond donors (Lipinski definition) is 3. The van der Waals surface area contributed by atoms with Gasteiger partial charge in [0.05, 0.1) is 12.0 Å². The average Bonchev–Trinajstić information content (AvgIpc) is 3.07. The monoisotopic (exact) mass is 420 g/mol. The van der Waals surface area contributed by atoms with E-state index in [1.165, 1.54) is 13.8 Å². The van der Waals surface area contributed by atoms with Crippen molar-refractivity contribution >= 4 is 18.0 Å². The van der Waals surface area contributed by atoms with Crippen LogP contribution in [0.5, 0.6) is 0 Å². The van der Waals surface area contributed by atoms with E-state index in [2.05, 4.69) is 34.6 Å². The molecule has 2 aromatic carbocycles. The van der Waals surface area contributed by atoms with E-state index in [9.17, 15) is 14.4 Å². The molecule has 2 aromatic rings. The quantitative estimate of drug-likeness (QED) is 0.624. The van der Waals surface area contributed by atoms with Crippen LogP contribution in [0.1, 0.15) is 30.9 Å². The van der Waals surface area contributed by atoms with Crippen LogP contribution in [0.2, 0.25) is 0 Å². The lowest BCUT2D eigenvalue weighted by atomic mass is 9.94. The Morgan fingerprint density at radius 3 is 2.16 bits per heavy atom. The number of carboxylic acid groups (broad SMARTS) is 1. The molecule has 0 fully saturated rings. The topological polar surface area (TPSA) is 105 Å². The number of alkyl carbamates (subject to hydrolysis) is 1. The van der Waals surface area contributed by atoms with Crippen molar-refractivity contribution in [3.05, 3.63) is 59.7 Å². The Morgan fingerprint density at radius 2 is 1.58 bits per heavy atom. The Hall–Kier alpha value is -3.79. The van der Waals surface area contributed by atoms with Crippen LogP contribution in [0.3, 0.4) is 0 Å². The van der Waals surface area contributed by atoms with Gasteiger partial charge in [-0.25, -0.2) is 4.79 Å². The molecule has 1 aliphatic rings. The fraction of sp³-hybridized carbons (Fsp3) is 0.292. The van der Waals surface area contributed by atoms with E-state index in [-0.39, 0.29) is 25.6 Å². The van der Waals surface area contributed by atoms with Gasteiger partial charge in [0, 0.05) is 12.5 Å². The van der Waals surface area contributed by atoms with E-state index in [0.717, 1.165) is 22.3 Å². The number of carbonyl (C=O) groups excluding carboxylic acids is 2. The van der Waals surface area contributed by atoms with Crippen LogP contribution in [0.15, 0.2) is 48.5 Å². The number of benzene rings is 2. The van der Waals surface area contributed by atoms with E-state index in [0.29, 0.717) is 0 Å². The molecule has 2 amide bonds. The van der Waals surface area contributed by atoms with Crippen molar-refractivity contribution in [2.45, 2.75) is 19.8 Å². The summed E-state index contributed by atoms with van der Waals surface area (Å²) in [5.41, 5.74) is 3.45. The molecule has 3 N–H and O–H groups in total. The van der Waals surface area contributed by atoms with Gasteiger partial charge in [-0.15, -0.1) is 0 Å². The zero-order valence-corrected chi connectivity index (χ0v) is 17.4. The zero-order chi connectivity index (χ0) is 22.4. The van der Waals surface area contributed by atoms with Gasteiger partial charge < -0.3 is 20.5 Å². The number of carboxylic acids is 1. The van der Waals surface area contributed by atoms with Gasteiger partial charge in [0.25, 0.3) is 5.91 Å². The maximum atomic E-state index is 12.0. The summed E-state index contributed by atoms with van der Waals surface area (Å²) in [4.78, 5) is 34.7. The third kappa shape index (κ3) is 5.23. The first-order chi connectivity index (χ1) is 14.8. The second-order valence-electron chi connectivity index (χ2n) is 7.85. The van der Waals surface area contributed by atoms with Crippen molar-refractivity contribution in [2.24, 2.45) is 5.41 Å². The predicted molar refractivity (Wildman–Crippen MR) is 115 cm³/mol. The molecule has 160 valence electrons. The van der Waals surface area contributed by atoms with Crippen LogP contribution in [0.25, 0.3) is 11.1 Å². The molecule has 0 atom stereocenters. The minimum absolute atomic E-state index is 0.0346. The van der Waals surface area contributed by atoms with Crippen LogP contribution in [0, 0.1) is 17.3 Å². The average molecular weight is 420 g/mol. The zero-order valence-electron chi connectivity index (χ0n) is 17.4. The van der Waals surface area contributed by atoms with E-state index >= 15 is 0 Å². The molecule has 7 heteroatoms. The standard InChI is InChI=1S/C24H24N2O5/c1-24(2,22(28)29)15-26-21(27)12-7-13-25-23(30)31-14-20-18-10-5-3-8-16(18)17-9-4-6-11-19(17)20/h3-6,8-11,20H,13-15H2,1-2H3,(H,25,30)(H,26,27)(H,28,29). The van der Waals surface area contributed by atoms with Gasteiger partial charge in [0.15, 0.2) is 0 Å². The Bertz CT molecular complexity index is 1020. The number of ether oxygens (including phenoxy) is 1. The maximum Gasteiger partial charge on any atom is 0.407 e. The van der Waals surface area contributed by atoms with Crippen molar-refractivity contribution in [1.82, 2.24) is 10.6 Å². The summed E-state index contributed by atoms with van der Waals surface area (Å²) in [7, 11) is 0. The van der Waals surface area contributed by atoms with E-state index < -0.39 is 23.4 Å². The van der Waals surface area contributed by atoms with Gasteiger partial charge in [0.1, 0.15) is 6.61 Å². The Balaban J connectivity index is 1.47. The summed E-state index contributed by atoms with van der Waals surface area (Å²) in [5, 5.41) is 13.9. The third-order valence-electron chi connectivity index (χ3n) is 5.14. The highest BCUT2D eigenvalue weighted by atomic mass is 16.5. The van der Waals surface area contributed by atoms with Crippen molar-refractivity contribution in [1.29, 1.82) is 0 Å². The minimum Gasteiger partial charge on any atom is -0.481 e. The van der Waals surface area contributed by atoms with Crippen molar-refractivity contribution in [2.75, 3.05) is 19.7 Å². The molecule has 0 radical (unpaired) electrons. The molecular formula is C24H24N2O5. The molecule has 0 aliphatic heterocycles. The highest BCUT2D eigenvalue weighted by Gasteiger charge is 2.29. The highest BCUT2D eigenvalue weighted by Crippen LogP contribution is 2.44. The molecule has 7 nitrogen and oxygen atoms in total. The fourth-order valence-electron chi connectivity index (χ4n) is 3.31. The molecule has 1 aliphatic carbocycles. The Kier molecular flexibility index (Phi) is 6.61. The minimum atomic E-state index is -1.09. The Labute approximate surface area is 180 Å².